The molecule has 0 saturated carbocycles. The number of ether oxygens (including phenoxy) is 4. The lowest BCUT2D eigenvalue weighted by molar-refractivity contribution is -0.140. The molecule has 0 spiro atoms. The van der Waals surface area contributed by atoms with Gasteiger partial charge in [0.25, 0.3) is 0 Å². The van der Waals surface area contributed by atoms with Crippen LogP contribution in [0, 0.1) is 5.92 Å². The second-order valence-electron chi connectivity index (χ2n) is 10.1. The maximum atomic E-state index is 13.9. The van der Waals surface area contributed by atoms with Gasteiger partial charge in [0.05, 0.1) is 38.9 Å². The number of carbonyl (C=O) groups excluding carboxylic acids is 2. The summed E-state index contributed by atoms with van der Waals surface area (Å²) >= 11 is 0. The fourth-order valence-electron chi connectivity index (χ4n) is 5.29. The number of methoxy groups -OCH3 is 2. The molecule has 38 heavy (non-hydrogen) atoms. The Morgan fingerprint density at radius 1 is 1.03 bits per heavy atom. The number of dihydropyridines is 1. The van der Waals surface area contributed by atoms with Gasteiger partial charge in [-0.15, -0.1) is 0 Å². The molecule has 2 atom stereocenters. The third-order valence-corrected chi connectivity index (χ3v) is 7.00. The maximum Gasteiger partial charge on any atom is 0.336 e. The quantitative estimate of drug-likeness (QED) is 0.428. The first-order valence-electron chi connectivity index (χ1n) is 13.1. The van der Waals surface area contributed by atoms with Crippen LogP contribution in [0.25, 0.3) is 0 Å². The van der Waals surface area contributed by atoms with Crippen LogP contribution in [0.1, 0.15) is 63.5 Å². The molecule has 7 nitrogen and oxygen atoms in total. The zero-order valence-corrected chi connectivity index (χ0v) is 23.1. The van der Waals surface area contributed by atoms with Gasteiger partial charge in [-0.25, -0.2) is 4.79 Å². The van der Waals surface area contributed by atoms with Gasteiger partial charge in [0, 0.05) is 29.0 Å². The normalized spacial score (nSPS) is 19.2. The number of nitrogens with one attached hydrogen (secondary N) is 1. The lowest BCUT2D eigenvalue weighted by Gasteiger charge is -2.37. The molecular formula is C31H37NO6. The minimum absolute atomic E-state index is 0.00324. The van der Waals surface area contributed by atoms with Crippen molar-refractivity contribution >= 4 is 11.8 Å². The van der Waals surface area contributed by atoms with Crippen LogP contribution in [-0.4, -0.2) is 39.2 Å². The number of allylic oxidation sites excluding steroid dienone is 3. The molecule has 0 saturated heterocycles. The maximum absolute atomic E-state index is 13.9. The summed E-state index contributed by atoms with van der Waals surface area (Å²) in [6, 6.07) is 13.4. The number of Topliss-reactive ketones (excluding diaryl/α,β-unsaturated/α-hetero) is 1. The summed E-state index contributed by atoms with van der Waals surface area (Å²) in [5.41, 5.74) is 4.37. The van der Waals surface area contributed by atoms with Gasteiger partial charge in [0.2, 0.25) is 0 Å². The Balaban J connectivity index is 1.79. The van der Waals surface area contributed by atoms with E-state index in [4.69, 9.17) is 18.9 Å². The minimum Gasteiger partial charge on any atom is -0.494 e. The minimum atomic E-state index is -0.576. The molecule has 0 bridgehead atoms. The Bertz CT molecular complexity index is 1270. The number of para-hydroxylation sites is 1. The summed E-state index contributed by atoms with van der Waals surface area (Å²) in [5.74, 6) is 1.09. The molecule has 1 aliphatic heterocycles. The van der Waals surface area contributed by atoms with Crippen LogP contribution in [-0.2, 0) is 14.3 Å². The molecule has 202 valence electrons. The van der Waals surface area contributed by atoms with Gasteiger partial charge >= 0.3 is 5.97 Å². The topological polar surface area (TPSA) is 83.1 Å². The number of benzene rings is 2. The third-order valence-electron chi connectivity index (χ3n) is 7.00. The Morgan fingerprint density at radius 3 is 2.45 bits per heavy atom. The molecule has 4 rings (SSSR count). The van der Waals surface area contributed by atoms with E-state index >= 15 is 0 Å². The number of carbonyl (C=O) groups is 2. The summed E-state index contributed by atoms with van der Waals surface area (Å²) in [5, 5.41) is 3.41. The van der Waals surface area contributed by atoms with E-state index in [0.717, 1.165) is 16.8 Å². The van der Waals surface area contributed by atoms with Crippen molar-refractivity contribution in [2.24, 2.45) is 5.92 Å². The molecule has 1 aliphatic carbocycles. The Hall–Kier alpha value is -3.74. The van der Waals surface area contributed by atoms with Crippen molar-refractivity contribution in [3.63, 3.8) is 0 Å². The van der Waals surface area contributed by atoms with Crippen molar-refractivity contribution in [3.8, 4) is 17.2 Å². The van der Waals surface area contributed by atoms with Crippen LogP contribution in [0.15, 0.2) is 65.0 Å². The van der Waals surface area contributed by atoms with Crippen LogP contribution < -0.4 is 19.5 Å². The Morgan fingerprint density at radius 2 is 1.76 bits per heavy atom. The average molecular weight is 520 g/mol. The number of ketones is 1. The molecule has 1 N–H and O–H groups in total. The van der Waals surface area contributed by atoms with E-state index in [1.54, 1.807) is 14.2 Å². The van der Waals surface area contributed by atoms with Crippen molar-refractivity contribution in [3.05, 3.63) is 76.1 Å². The highest BCUT2D eigenvalue weighted by atomic mass is 16.5. The predicted molar refractivity (Wildman–Crippen MR) is 146 cm³/mol. The zero-order valence-electron chi connectivity index (χ0n) is 23.1. The van der Waals surface area contributed by atoms with Gasteiger partial charge in [0.15, 0.2) is 17.3 Å². The smallest absolute Gasteiger partial charge is 0.336 e. The largest absolute Gasteiger partial charge is 0.494 e. The molecule has 0 amide bonds. The van der Waals surface area contributed by atoms with Crippen molar-refractivity contribution in [1.82, 2.24) is 5.32 Å². The SMILES string of the molecule is CCOc1ccccc1[C@H]1C(C(=O)OCC(C)C)=C(C)NC2=C1C(=O)C[C@@H](c1ccc(OC)c(OC)c1)C2. The summed E-state index contributed by atoms with van der Waals surface area (Å²) in [4.78, 5) is 27.4. The third kappa shape index (κ3) is 5.42. The highest BCUT2D eigenvalue weighted by Gasteiger charge is 2.42. The number of rotatable bonds is 9. The average Bonchev–Trinajstić information content (AvgIpc) is 2.91. The number of hydrogen-bond acceptors (Lipinski definition) is 7. The number of esters is 1. The van der Waals surface area contributed by atoms with Crippen LogP contribution in [0.4, 0.5) is 0 Å². The van der Waals surface area contributed by atoms with Crippen molar-refractivity contribution in [2.45, 2.75) is 52.4 Å². The second kappa shape index (κ2) is 11.8. The molecule has 1 heterocycles. The van der Waals surface area contributed by atoms with E-state index in [9.17, 15) is 9.59 Å². The van der Waals surface area contributed by atoms with Crippen LogP contribution in [0.2, 0.25) is 0 Å². The van der Waals surface area contributed by atoms with Crippen LogP contribution >= 0.6 is 0 Å². The molecule has 2 aliphatic rings. The summed E-state index contributed by atoms with van der Waals surface area (Å²) < 4.78 is 22.5. The molecule has 0 unspecified atom stereocenters. The van der Waals surface area contributed by atoms with E-state index in [0.29, 0.717) is 60.1 Å². The fraction of sp³-hybridized carbons (Fsp3) is 0.419. The predicted octanol–water partition coefficient (Wildman–Crippen LogP) is 5.66. The summed E-state index contributed by atoms with van der Waals surface area (Å²) in [7, 11) is 3.20. The molecular weight excluding hydrogens is 482 g/mol. The van der Waals surface area contributed by atoms with Gasteiger partial charge in [-0.05, 0) is 55.9 Å². The van der Waals surface area contributed by atoms with Crippen molar-refractivity contribution in [2.75, 3.05) is 27.4 Å². The lowest BCUT2D eigenvalue weighted by atomic mass is 9.71. The molecule has 7 heteroatoms. The highest BCUT2D eigenvalue weighted by molar-refractivity contribution is 6.04. The Labute approximate surface area is 224 Å². The van der Waals surface area contributed by atoms with Gasteiger partial charge < -0.3 is 24.3 Å². The van der Waals surface area contributed by atoms with Crippen molar-refractivity contribution < 1.29 is 28.5 Å². The van der Waals surface area contributed by atoms with Crippen LogP contribution in [0.3, 0.4) is 0 Å². The first kappa shape index (κ1) is 27.3. The van der Waals surface area contributed by atoms with Crippen molar-refractivity contribution in [1.29, 1.82) is 0 Å². The highest BCUT2D eigenvalue weighted by Crippen LogP contribution is 2.48. The molecule has 2 aromatic carbocycles. The molecule has 0 aromatic heterocycles. The van der Waals surface area contributed by atoms with Gasteiger partial charge in [-0.3, -0.25) is 4.79 Å². The first-order chi connectivity index (χ1) is 18.3. The van der Waals surface area contributed by atoms with Crippen LogP contribution in [0.5, 0.6) is 17.2 Å². The molecule has 0 fully saturated rings. The van der Waals surface area contributed by atoms with Gasteiger partial charge in [-0.2, -0.15) is 0 Å². The summed E-state index contributed by atoms with van der Waals surface area (Å²) in [6.45, 7) is 8.55. The number of hydrogen-bond donors (Lipinski definition) is 1. The van der Waals surface area contributed by atoms with Gasteiger partial charge in [0.1, 0.15) is 5.75 Å². The first-order valence-corrected chi connectivity index (χ1v) is 13.1. The van der Waals surface area contributed by atoms with E-state index in [1.165, 1.54) is 0 Å². The fourth-order valence-corrected chi connectivity index (χ4v) is 5.29. The standard InChI is InChI=1S/C31H37NO6/c1-7-37-25-11-9-8-10-22(25)29-28(31(34)38-17-18(2)3)19(4)32-23-14-21(15-24(33)30(23)29)20-12-13-26(35-5)27(16-20)36-6/h8-13,16,18,21,29,32H,7,14-15,17H2,1-6H3/t21-,29-/m0/s1. The molecule has 2 aromatic rings. The monoisotopic (exact) mass is 519 g/mol. The van der Waals surface area contributed by atoms with E-state index < -0.39 is 11.9 Å². The molecule has 0 radical (unpaired) electrons. The van der Waals surface area contributed by atoms with E-state index in [2.05, 4.69) is 5.32 Å². The lowest BCUT2D eigenvalue weighted by Crippen LogP contribution is -2.36. The van der Waals surface area contributed by atoms with E-state index in [1.807, 2.05) is 70.2 Å². The Kier molecular flexibility index (Phi) is 8.45. The second-order valence-corrected chi connectivity index (χ2v) is 10.1. The summed E-state index contributed by atoms with van der Waals surface area (Å²) in [6.07, 6.45) is 0.937. The zero-order chi connectivity index (χ0) is 27.4. The van der Waals surface area contributed by atoms with E-state index in [-0.39, 0.29) is 17.6 Å². The van der Waals surface area contributed by atoms with Gasteiger partial charge in [-0.1, -0.05) is 38.1 Å².